The predicted molar refractivity (Wildman–Crippen MR) is 98.0 cm³/mol. The van der Waals surface area contributed by atoms with Gasteiger partial charge in [0.15, 0.2) is 0 Å². The van der Waals surface area contributed by atoms with Crippen molar-refractivity contribution in [3.63, 3.8) is 0 Å². The molecule has 3 aliphatic heterocycles. The molecule has 2 amide bonds. The number of carbonyl (C=O) groups excluding carboxylic acids is 1. The fourth-order valence-electron chi connectivity index (χ4n) is 5.48. The van der Waals surface area contributed by atoms with E-state index in [1.807, 2.05) is 0 Å². The minimum atomic E-state index is -3.20. The third-order valence-electron chi connectivity index (χ3n) is 6.57. The molecule has 5 rings (SSSR count). The standard InChI is InChI=1S/C18H31N3O4S/c1-12(2)26(23,24)21-5-3-15(4-6-21)19-17(22)20-18-10-13-7-14(11-18)9-16(8-13)25-18/h12-16H,3-11H2,1-2H3,(H2,19,20,22)/t13-,14+,16?,18?. The van der Waals surface area contributed by atoms with Crippen molar-refractivity contribution in [3.05, 3.63) is 0 Å². The van der Waals surface area contributed by atoms with Gasteiger partial charge in [-0.2, -0.15) is 0 Å². The van der Waals surface area contributed by atoms with Crippen molar-refractivity contribution in [3.8, 4) is 0 Å². The second-order valence-corrected chi connectivity index (χ2v) is 11.4. The van der Waals surface area contributed by atoms with Crippen molar-refractivity contribution < 1.29 is 17.9 Å². The normalized spacial score (nSPS) is 37.9. The molecule has 4 atom stereocenters. The molecule has 2 unspecified atom stereocenters. The zero-order valence-corrected chi connectivity index (χ0v) is 16.6. The molecule has 0 spiro atoms. The first kappa shape index (κ1) is 18.5. The number of carbonyl (C=O) groups is 1. The minimum absolute atomic E-state index is 0.0162. The highest BCUT2D eigenvalue weighted by Crippen LogP contribution is 2.51. The number of ether oxygens (including phenoxy) is 1. The molecule has 0 aromatic heterocycles. The largest absolute Gasteiger partial charge is 0.352 e. The topological polar surface area (TPSA) is 87.7 Å². The zero-order chi connectivity index (χ0) is 18.5. The molecule has 3 saturated heterocycles. The van der Waals surface area contributed by atoms with E-state index in [0.717, 1.165) is 25.7 Å². The van der Waals surface area contributed by atoms with E-state index < -0.39 is 21.0 Å². The monoisotopic (exact) mass is 385 g/mol. The maximum Gasteiger partial charge on any atom is 0.317 e. The molecule has 2 N–H and O–H groups in total. The van der Waals surface area contributed by atoms with E-state index in [2.05, 4.69) is 10.6 Å². The van der Waals surface area contributed by atoms with E-state index in [0.29, 0.717) is 43.9 Å². The minimum Gasteiger partial charge on any atom is -0.352 e. The number of urea groups is 1. The fourth-order valence-corrected chi connectivity index (χ4v) is 6.79. The summed E-state index contributed by atoms with van der Waals surface area (Å²) in [5.74, 6) is 1.37. The number of nitrogens with zero attached hydrogens (tertiary/aromatic N) is 1. The van der Waals surface area contributed by atoms with Gasteiger partial charge in [-0.25, -0.2) is 17.5 Å². The van der Waals surface area contributed by atoms with Gasteiger partial charge in [-0.3, -0.25) is 0 Å². The van der Waals surface area contributed by atoms with E-state index >= 15 is 0 Å². The third-order valence-corrected chi connectivity index (χ3v) is 8.85. The summed E-state index contributed by atoms with van der Waals surface area (Å²) in [7, 11) is -3.20. The van der Waals surface area contributed by atoms with Gasteiger partial charge in [-0.05, 0) is 70.6 Å². The Morgan fingerprint density at radius 1 is 1.12 bits per heavy atom. The Hall–Kier alpha value is -0.860. The molecule has 5 fully saturated rings. The Morgan fingerprint density at radius 3 is 2.27 bits per heavy atom. The highest BCUT2D eigenvalue weighted by atomic mass is 32.2. The smallest absolute Gasteiger partial charge is 0.317 e. The summed E-state index contributed by atoms with van der Waals surface area (Å²) in [4.78, 5) is 12.5. The van der Waals surface area contributed by atoms with Crippen LogP contribution in [-0.4, -0.2) is 55.0 Å². The van der Waals surface area contributed by atoms with E-state index in [1.54, 1.807) is 18.2 Å². The second kappa shape index (κ2) is 6.63. The van der Waals surface area contributed by atoms with Crippen molar-refractivity contribution in [1.29, 1.82) is 0 Å². The molecule has 3 heterocycles. The second-order valence-electron chi connectivity index (χ2n) is 8.95. The van der Waals surface area contributed by atoms with Gasteiger partial charge in [-0.1, -0.05) is 0 Å². The Bertz CT molecular complexity index is 620. The summed E-state index contributed by atoms with van der Waals surface area (Å²) < 4.78 is 32.2. The molecule has 0 radical (unpaired) electrons. The highest BCUT2D eigenvalue weighted by Gasteiger charge is 2.53. The molecule has 5 aliphatic rings. The van der Waals surface area contributed by atoms with Gasteiger partial charge < -0.3 is 15.4 Å². The van der Waals surface area contributed by atoms with E-state index in [4.69, 9.17) is 4.74 Å². The first-order chi connectivity index (χ1) is 12.3. The van der Waals surface area contributed by atoms with Crippen molar-refractivity contribution in [1.82, 2.24) is 14.9 Å². The lowest BCUT2D eigenvalue weighted by molar-refractivity contribution is -0.228. The zero-order valence-electron chi connectivity index (χ0n) is 15.7. The number of hydrogen-bond donors (Lipinski definition) is 2. The quantitative estimate of drug-likeness (QED) is 0.772. The molecular formula is C18H31N3O4S. The van der Waals surface area contributed by atoms with Crippen LogP contribution in [0.5, 0.6) is 0 Å². The van der Waals surface area contributed by atoms with Crippen LogP contribution in [0.1, 0.15) is 58.8 Å². The maximum absolute atomic E-state index is 12.5. The Morgan fingerprint density at radius 2 is 1.73 bits per heavy atom. The van der Waals surface area contributed by atoms with Crippen molar-refractivity contribution in [2.75, 3.05) is 13.1 Å². The van der Waals surface area contributed by atoms with Crippen LogP contribution in [0.4, 0.5) is 4.79 Å². The molecule has 4 bridgehead atoms. The fraction of sp³-hybridized carbons (Fsp3) is 0.944. The molecule has 2 aliphatic carbocycles. The van der Waals surface area contributed by atoms with Gasteiger partial charge in [0, 0.05) is 19.1 Å². The van der Waals surface area contributed by atoms with Gasteiger partial charge in [0.1, 0.15) is 5.72 Å². The van der Waals surface area contributed by atoms with Crippen molar-refractivity contribution >= 4 is 16.1 Å². The SMILES string of the molecule is CC(C)S(=O)(=O)N1CCC(NC(=O)NC23C[C@@H]4CC(C[C@@H](C4)C2)O3)CC1. The van der Waals surface area contributed by atoms with Crippen molar-refractivity contribution in [2.45, 2.75) is 81.9 Å². The van der Waals surface area contributed by atoms with E-state index in [1.165, 1.54) is 6.42 Å². The molecule has 0 aromatic rings. The van der Waals surface area contributed by atoms with Crippen LogP contribution in [0.3, 0.4) is 0 Å². The first-order valence-electron chi connectivity index (χ1n) is 10.0. The summed E-state index contributed by atoms with van der Waals surface area (Å²) >= 11 is 0. The van der Waals surface area contributed by atoms with Crippen LogP contribution < -0.4 is 10.6 Å². The summed E-state index contributed by atoms with van der Waals surface area (Å²) in [6, 6.07) is -0.153. The molecule has 8 heteroatoms. The van der Waals surface area contributed by atoms with Crippen molar-refractivity contribution in [2.24, 2.45) is 11.8 Å². The molecule has 26 heavy (non-hydrogen) atoms. The number of rotatable bonds is 4. The van der Waals surface area contributed by atoms with Gasteiger partial charge in [0.2, 0.25) is 10.0 Å². The van der Waals surface area contributed by atoms with E-state index in [-0.39, 0.29) is 12.1 Å². The lowest BCUT2D eigenvalue weighted by Crippen LogP contribution is -2.65. The lowest BCUT2D eigenvalue weighted by Gasteiger charge is -2.56. The van der Waals surface area contributed by atoms with Crippen LogP contribution in [0, 0.1) is 11.8 Å². The summed E-state index contributed by atoms with van der Waals surface area (Å²) in [5.41, 5.74) is -0.472. The van der Waals surface area contributed by atoms with Gasteiger partial charge in [0.25, 0.3) is 0 Å². The predicted octanol–water partition coefficient (Wildman–Crippen LogP) is 1.79. The molecule has 2 saturated carbocycles. The molecule has 0 aromatic carbocycles. The molecular weight excluding hydrogens is 354 g/mol. The summed E-state index contributed by atoms with van der Waals surface area (Å²) in [6.45, 7) is 4.36. The van der Waals surface area contributed by atoms with Gasteiger partial charge in [-0.15, -0.1) is 0 Å². The Kier molecular flexibility index (Phi) is 4.72. The molecule has 7 nitrogen and oxygen atoms in total. The average molecular weight is 386 g/mol. The Balaban J connectivity index is 1.29. The van der Waals surface area contributed by atoms with Crippen LogP contribution in [0.15, 0.2) is 0 Å². The van der Waals surface area contributed by atoms with Crippen LogP contribution in [0.2, 0.25) is 0 Å². The van der Waals surface area contributed by atoms with E-state index in [9.17, 15) is 13.2 Å². The summed E-state index contributed by atoms with van der Waals surface area (Å²) in [5, 5.41) is 5.77. The number of amides is 2. The number of hydrogen-bond acceptors (Lipinski definition) is 4. The third kappa shape index (κ3) is 3.47. The van der Waals surface area contributed by atoms with Gasteiger partial charge >= 0.3 is 6.03 Å². The maximum atomic E-state index is 12.5. The number of piperidine rings is 1. The van der Waals surface area contributed by atoms with Crippen LogP contribution in [-0.2, 0) is 14.8 Å². The van der Waals surface area contributed by atoms with Gasteiger partial charge in [0.05, 0.1) is 11.4 Å². The Labute approximate surface area is 156 Å². The average Bonchev–Trinajstić information content (AvgIpc) is 2.53. The first-order valence-corrected chi connectivity index (χ1v) is 11.5. The summed E-state index contributed by atoms with van der Waals surface area (Å²) in [6.07, 6.45) is 7.05. The lowest BCUT2D eigenvalue weighted by atomic mass is 9.65. The highest BCUT2D eigenvalue weighted by molar-refractivity contribution is 7.89. The molecule has 148 valence electrons. The van der Waals surface area contributed by atoms with Crippen LogP contribution in [0.25, 0.3) is 0 Å². The number of nitrogens with one attached hydrogen (secondary N) is 2. The van der Waals surface area contributed by atoms with Crippen LogP contribution >= 0.6 is 0 Å². The number of sulfonamides is 1.